The number of benzene rings is 1. The summed E-state index contributed by atoms with van der Waals surface area (Å²) in [4.78, 5) is 28.4. The number of amides is 2. The van der Waals surface area contributed by atoms with Gasteiger partial charge in [0.25, 0.3) is 5.91 Å². The molecule has 1 saturated carbocycles. The van der Waals surface area contributed by atoms with E-state index >= 15 is 0 Å². The van der Waals surface area contributed by atoms with Crippen molar-refractivity contribution in [3.63, 3.8) is 0 Å². The zero-order chi connectivity index (χ0) is 18.4. The highest BCUT2D eigenvalue weighted by Gasteiger charge is 2.52. The fourth-order valence-corrected chi connectivity index (χ4v) is 4.70. The molecular formula is C21H18N2O3S. The predicted octanol–water partition coefficient (Wildman–Crippen LogP) is 4.21. The average molecular weight is 378 g/mol. The van der Waals surface area contributed by atoms with Crippen LogP contribution < -0.4 is 10.2 Å². The standard InChI is InChI=1S/C21H18N2O3S/c24-19(17-3-1-11-26-17)23-10-7-14-5-6-15(13-16(14)23)22-20(25)21(8-9-21)18-4-2-12-27-18/h1-6,11-13H,7-10H2,(H,22,25). The van der Waals surface area contributed by atoms with Crippen molar-refractivity contribution in [3.05, 3.63) is 70.3 Å². The number of hydrogen-bond donors (Lipinski definition) is 1. The van der Waals surface area contributed by atoms with Crippen molar-refractivity contribution in [1.82, 2.24) is 0 Å². The van der Waals surface area contributed by atoms with Crippen molar-refractivity contribution in [3.8, 4) is 0 Å². The van der Waals surface area contributed by atoms with Gasteiger partial charge in [0.15, 0.2) is 5.76 Å². The Morgan fingerprint density at radius 1 is 1.15 bits per heavy atom. The molecule has 1 aromatic carbocycles. The summed E-state index contributed by atoms with van der Waals surface area (Å²) in [6.45, 7) is 0.616. The number of nitrogens with one attached hydrogen (secondary N) is 1. The Kier molecular flexibility index (Phi) is 3.68. The third-order valence-corrected chi connectivity index (χ3v) is 6.47. The highest BCUT2D eigenvalue weighted by molar-refractivity contribution is 7.10. The molecule has 0 bridgehead atoms. The second-order valence-electron chi connectivity index (χ2n) is 7.04. The van der Waals surface area contributed by atoms with Gasteiger partial charge in [0, 0.05) is 22.8 Å². The van der Waals surface area contributed by atoms with Gasteiger partial charge < -0.3 is 14.6 Å². The molecule has 3 heterocycles. The van der Waals surface area contributed by atoms with E-state index in [4.69, 9.17) is 4.42 Å². The van der Waals surface area contributed by atoms with Gasteiger partial charge in [-0.15, -0.1) is 11.3 Å². The molecule has 0 spiro atoms. The molecule has 0 saturated heterocycles. The molecule has 1 aliphatic carbocycles. The number of thiophene rings is 1. The van der Waals surface area contributed by atoms with Crippen LogP contribution in [0.2, 0.25) is 0 Å². The maximum absolute atomic E-state index is 12.9. The largest absolute Gasteiger partial charge is 0.459 e. The Balaban J connectivity index is 1.39. The normalized spacial score (nSPS) is 16.8. The molecule has 2 aromatic heterocycles. The van der Waals surface area contributed by atoms with Gasteiger partial charge in [0.05, 0.1) is 11.7 Å². The van der Waals surface area contributed by atoms with Gasteiger partial charge in [-0.05, 0) is 60.5 Å². The molecule has 0 atom stereocenters. The molecule has 5 nitrogen and oxygen atoms in total. The van der Waals surface area contributed by atoms with E-state index in [9.17, 15) is 9.59 Å². The number of rotatable bonds is 4. The molecular weight excluding hydrogens is 360 g/mol. The van der Waals surface area contributed by atoms with Crippen LogP contribution in [0, 0.1) is 0 Å². The minimum absolute atomic E-state index is 0.0341. The number of carbonyl (C=O) groups is 2. The van der Waals surface area contributed by atoms with E-state index in [-0.39, 0.29) is 17.2 Å². The molecule has 3 aromatic rings. The zero-order valence-corrected chi connectivity index (χ0v) is 15.4. The van der Waals surface area contributed by atoms with E-state index in [1.807, 2.05) is 35.7 Å². The molecule has 6 heteroatoms. The third-order valence-electron chi connectivity index (χ3n) is 5.39. The maximum Gasteiger partial charge on any atom is 0.293 e. The lowest BCUT2D eigenvalue weighted by atomic mass is 10.0. The van der Waals surface area contributed by atoms with Gasteiger partial charge in [-0.1, -0.05) is 12.1 Å². The Morgan fingerprint density at radius 2 is 2.04 bits per heavy atom. The molecule has 5 rings (SSSR count). The molecule has 27 heavy (non-hydrogen) atoms. The van der Waals surface area contributed by atoms with E-state index in [1.54, 1.807) is 28.4 Å². The Bertz CT molecular complexity index is 1000. The van der Waals surface area contributed by atoms with Crippen LogP contribution >= 0.6 is 11.3 Å². The lowest BCUT2D eigenvalue weighted by Gasteiger charge is -2.18. The first-order valence-electron chi connectivity index (χ1n) is 9.01. The summed E-state index contributed by atoms with van der Waals surface area (Å²) in [6, 6.07) is 13.2. The number of hydrogen-bond acceptors (Lipinski definition) is 4. The molecule has 1 fully saturated rings. The van der Waals surface area contributed by atoms with Crippen molar-refractivity contribution in [2.45, 2.75) is 24.7 Å². The average Bonchev–Trinajstić information content (AvgIpc) is 3.12. The van der Waals surface area contributed by atoms with Crippen molar-refractivity contribution in [2.24, 2.45) is 0 Å². The molecule has 1 N–H and O–H groups in total. The number of anilines is 2. The van der Waals surface area contributed by atoms with Crippen molar-refractivity contribution < 1.29 is 14.0 Å². The van der Waals surface area contributed by atoms with Crippen LogP contribution in [0.4, 0.5) is 11.4 Å². The summed E-state index contributed by atoms with van der Waals surface area (Å²) in [6.07, 6.45) is 4.07. The summed E-state index contributed by atoms with van der Waals surface area (Å²) in [5, 5.41) is 5.07. The van der Waals surface area contributed by atoms with Gasteiger partial charge in [-0.2, -0.15) is 0 Å². The van der Waals surface area contributed by atoms with Crippen molar-refractivity contribution in [1.29, 1.82) is 0 Å². The first-order valence-corrected chi connectivity index (χ1v) is 9.89. The second-order valence-corrected chi connectivity index (χ2v) is 7.99. The molecule has 0 radical (unpaired) electrons. The third kappa shape index (κ3) is 2.68. The van der Waals surface area contributed by atoms with E-state index in [0.29, 0.717) is 12.3 Å². The maximum atomic E-state index is 12.9. The smallest absolute Gasteiger partial charge is 0.293 e. The van der Waals surface area contributed by atoms with Gasteiger partial charge in [-0.3, -0.25) is 9.59 Å². The van der Waals surface area contributed by atoms with Crippen LogP contribution in [0.3, 0.4) is 0 Å². The van der Waals surface area contributed by atoms with Crippen molar-refractivity contribution >= 4 is 34.5 Å². The Labute approximate surface area is 160 Å². The highest BCUT2D eigenvalue weighted by atomic mass is 32.1. The predicted molar refractivity (Wildman–Crippen MR) is 104 cm³/mol. The molecule has 0 unspecified atom stereocenters. The molecule has 1 aliphatic heterocycles. The van der Waals surface area contributed by atoms with Gasteiger partial charge in [0.1, 0.15) is 0 Å². The fraction of sp³-hybridized carbons (Fsp3) is 0.238. The van der Waals surface area contributed by atoms with E-state index in [2.05, 4.69) is 5.32 Å². The van der Waals surface area contributed by atoms with Gasteiger partial charge in [0.2, 0.25) is 5.91 Å². The van der Waals surface area contributed by atoms with Gasteiger partial charge >= 0.3 is 0 Å². The Hall–Kier alpha value is -2.86. The lowest BCUT2D eigenvalue weighted by molar-refractivity contribution is -0.118. The van der Waals surface area contributed by atoms with E-state index in [0.717, 1.165) is 41.1 Å². The minimum Gasteiger partial charge on any atom is -0.459 e. The summed E-state index contributed by atoms with van der Waals surface area (Å²) >= 11 is 1.63. The van der Waals surface area contributed by atoms with Crippen LogP contribution in [-0.2, 0) is 16.6 Å². The summed E-state index contributed by atoms with van der Waals surface area (Å²) in [5.74, 6) is 0.207. The molecule has 2 amide bonds. The first kappa shape index (κ1) is 16.3. The summed E-state index contributed by atoms with van der Waals surface area (Å²) in [5.41, 5.74) is 2.29. The number of fused-ring (bicyclic) bond motifs is 1. The minimum atomic E-state index is -0.378. The van der Waals surface area contributed by atoms with E-state index in [1.165, 1.54) is 6.26 Å². The quantitative estimate of drug-likeness (QED) is 0.740. The highest BCUT2D eigenvalue weighted by Crippen LogP contribution is 2.50. The van der Waals surface area contributed by atoms with Gasteiger partial charge in [-0.25, -0.2) is 0 Å². The number of carbonyl (C=O) groups excluding carboxylic acids is 2. The number of furan rings is 1. The zero-order valence-electron chi connectivity index (χ0n) is 14.6. The van der Waals surface area contributed by atoms with Crippen LogP contribution in [0.15, 0.2) is 58.5 Å². The molecule has 2 aliphatic rings. The number of nitrogens with zero attached hydrogens (tertiary/aromatic N) is 1. The van der Waals surface area contributed by atoms with E-state index < -0.39 is 0 Å². The monoisotopic (exact) mass is 378 g/mol. The van der Waals surface area contributed by atoms with Crippen LogP contribution in [-0.4, -0.2) is 18.4 Å². The van der Waals surface area contributed by atoms with Crippen LogP contribution in [0.1, 0.15) is 33.8 Å². The lowest BCUT2D eigenvalue weighted by Crippen LogP contribution is -2.29. The second kappa shape index (κ2) is 6.09. The first-order chi connectivity index (χ1) is 13.2. The fourth-order valence-electron chi connectivity index (χ4n) is 3.71. The SMILES string of the molecule is O=C(c1ccco1)N1CCc2ccc(NC(=O)C3(c4cccs4)CC3)cc21. The topological polar surface area (TPSA) is 62.6 Å². The van der Waals surface area contributed by atoms with Crippen LogP contribution in [0.25, 0.3) is 0 Å². The summed E-state index contributed by atoms with van der Waals surface area (Å²) in [7, 11) is 0. The summed E-state index contributed by atoms with van der Waals surface area (Å²) < 4.78 is 5.25. The molecule has 136 valence electrons. The van der Waals surface area contributed by atoms with Crippen molar-refractivity contribution in [2.75, 3.05) is 16.8 Å². The van der Waals surface area contributed by atoms with Crippen LogP contribution in [0.5, 0.6) is 0 Å². The Morgan fingerprint density at radius 3 is 2.74 bits per heavy atom.